The molecule has 0 aromatic carbocycles. The van der Waals surface area contributed by atoms with Crippen LogP contribution in [0.25, 0.3) is 0 Å². The molecule has 0 fully saturated rings. The fourth-order valence-corrected chi connectivity index (χ4v) is 8.41. The third kappa shape index (κ3) is 59.5. The summed E-state index contributed by atoms with van der Waals surface area (Å²) < 4.78 is 34.0. The molecule has 2 unspecified atom stereocenters. The van der Waals surface area contributed by atoms with Crippen LogP contribution in [0, 0.1) is 0 Å². The molecule has 2 atom stereocenters. The van der Waals surface area contributed by atoms with Crippen molar-refractivity contribution in [3.8, 4) is 0 Å². The van der Waals surface area contributed by atoms with Crippen LogP contribution in [0.5, 0.6) is 0 Å². The Morgan fingerprint density at radius 1 is 0.427 bits per heavy atom. The van der Waals surface area contributed by atoms with Crippen LogP contribution in [-0.4, -0.2) is 70.0 Å². The molecule has 0 radical (unpaired) electrons. The first-order valence-corrected chi connectivity index (χ1v) is 31.2. The summed E-state index contributed by atoms with van der Waals surface area (Å²) in [6.07, 6.45) is 78.4. The molecule has 0 saturated carbocycles. The predicted octanol–water partition coefficient (Wildman–Crippen LogP) is 18.1. The van der Waals surface area contributed by atoms with E-state index >= 15 is 0 Å². The lowest BCUT2D eigenvalue weighted by Crippen LogP contribution is -2.37. The molecule has 0 aliphatic heterocycles. The molecule has 0 bridgehead atoms. The number of ether oxygens (including phenoxy) is 2. The Kier molecular flexibility index (Phi) is 52.5. The van der Waals surface area contributed by atoms with Crippen molar-refractivity contribution < 1.29 is 42.1 Å². The van der Waals surface area contributed by atoms with Gasteiger partial charge in [0.1, 0.15) is 19.8 Å². The minimum absolute atomic E-state index is 0.0354. The van der Waals surface area contributed by atoms with Crippen LogP contribution in [0.3, 0.4) is 0 Å². The van der Waals surface area contributed by atoms with Crippen molar-refractivity contribution in [2.45, 2.75) is 232 Å². The maximum atomic E-state index is 12.8. The van der Waals surface area contributed by atoms with Crippen LogP contribution < -0.4 is 4.89 Å². The number of hydrogen-bond donors (Lipinski definition) is 0. The quantitative estimate of drug-likeness (QED) is 0.0195. The van der Waals surface area contributed by atoms with E-state index in [1.165, 1.54) is 83.5 Å². The average Bonchev–Trinajstić information content (AvgIpc) is 3.37. The second kappa shape index (κ2) is 55.2. The summed E-state index contributed by atoms with van der Waals surface area (Å²) in [4.78, 5) is 37.7. The number of phosphoric ester groups is 1. The van der Waals surface area contributed by atoms with E-state index in [2.05, 4.69) is 135 Å². The minimum atomic E-state index is -4.63. The first kappa shape index (κ1) is 71.4. The molecule has 0 N–H and O–H groups in total. The lowest BCUT2D eigenvalue weighted by Gasteiger charge is -2.28. The molecule has 0 saturated heterocycles. The van der Waals surface area contributed by atoms with Gasteiger partial charge in [-0.25, -0.2) is 0 Å². The summed E-state index contributed by atoms with van der Waals surface area (Å²) in [5.74, 6) is -0.844. The lowest BCUT2D eigenvalue weighted by atomic mass is 10.0. The third-order valence-electron chi connectivity index (χ3n) is 12.2. The van der Waals surface area contributed by atoms with Gasteiger partial charge in [-0.05, 0) is 89.9 Å². The number of unbranched alkanes of at least 4 members (excludes halogenated alkanes) is 19. The molecule has 0 amide bonds. The minimum Gasteiger partial charge on any atom is -0.756 e. The van der Waals surface area contributed by atoms with E-state index < -0.39 is 26.5 Å². The number of carbonyl (C=O) groups is 2. The van der Waals surface area contributed by atoms with Crippen molar-refractivity contribution in [1.29, 1.82) is 0 Å². The van der Waals surface area contributed by atoms with Crippen molar-refractivity contribution in [2.75, 3.05) is 47.5 Å². The van der Waals surface area contributed by atoms with Gasteiger partial charge >= 0.3 is 11.9 Å². The molecule has 0 aliphatic rings. The van der Waals surface area contributed by atoms with E-state index in [0.29, 0.717) is 17.4 Å². The van der Waals surface area contributed by atoms with Crippen molar-refractivity contribution in [2.24, 2.45) is 0 Å². The van der Waals surface area contributed by atoms with Gasteiger partial charge in [-0.2, -0.15) is 0 Å². The number of allylic oxidation sites excluding steroid dienone is 20. The largest absolute Gasteiger partial charge is 0.756 e. The molecular formula is C65H110NO8P. The third-order valence-corrected chi connectivity index (χ3v) is 13.2. The number of nitrogens with zero attached hydrogens (tertiary/aromatic N) is 1. The molecule has 0 aromatic heterocycles. The van der Waals surface area contributed by atoms with E-state index in [4.69, 9.17) is 18.5 Å². The number of carbonyl (C=O) groups excluding carboxylic acids is 2. The maximum Gasteiger partial charge on any atom is 0.306 e. The fourth-order valence-electron chi connectivity index (χ4n) is 7.68. The van der Waals surface area contributed by atoms with Crippen LogP contribution in [0.2, 0.25) is 0 Å². The highest BCUT2D eigenvalue weighted by molar-refractivity contribution is 7.45. The molecule has 10 heteroatoms. The Hall–Kier alpha value is -3.59. The average molecular weight is 1060 g/mol. The molecule has 428 valence electrons. The van der Waals surface area contributed by atoms with Crippen molar-refractivity contribution in [1.82, 2.24) is 0 Å². The van der Waals surface area contributed by atoms with Gasteiger partial charge in [0.25, 0.3) is 7.82 Å². The molecule has 9 nitrogen and oxygen atoms in total. The Morgan fingerprint density at radius 2 is 0.760 bits per heavy atom. The number of rotatable bonds is 53. The highest BCUT2D eigenvalue weighted by Gasteiger charge is 2.21. The number of phosphoric acid groups is 1. The van der Waals surface area contributed by atoms with Crippen molar-refractivity contribution >= 4 is 19.8 Å². The van der Waals surface area contributed by atoms with E-state index in [0.717, 1.165) is 109 Å². The van der Waals surface area contributed by atoms with E-state index in [1.807, 2.05) is 21.1 Å². The first-order chi connectivity index (χ1) is 36.5. The molecular weight excluding hydrogens is 954 g/mol. The predicted molar refractivity (Wildman–Crippen MR) is 318 cm³/mol. The van der Waals surface area contributed by atoms with Gasteiger partial charge in [-0.15, -0.1) is 0 Å². The van der Waals surface area contributed by atoms with Gasteiger partial charge in [-0.3, -0.25) is 14.2 Å². The molecule has 0 rings (SSSR count). The summed E-state index contributed by atoms with van der Waals surface area (Å²) in [6.45, 7) is 4.09. The summed E-state index contributed by atoms with van der Waals surface area (Å²) in [7, 11) is 1.15. The summed E-state index contributed by atoms with van der Waals surface area (Å²) in [6, 6.07) is 0. The van der Waals surface area contributed by atoms with Gasteiger partial charge in [0, 0.05) is 12.8 Å². The maximum absolute atomic E-state index is 12.8. The highest BCUT2D eigenvalue weighted by atomic mass is 31.2. The monoisotopic (exact) mass is 1060 g/mol. The zero-order valence-electron chi connectivity index (χ0n) is 48.4. The normalized spacial score (nSPS) is 14.2. The lowest BCUT2D eigenvalue weighted by molar-refractivity contribution is -0.870. The van der Waals surface area contributed by atoms with Crippen molar-refractivity contribution in [3.63, 3.8) is 0 Å². The fraction of sp³-hybridized carbons (Fsp3) is 0.662. The molecule has 0 aromatic rings. The van der Waals surface area contributed by atoms with Gasteiger partial charge in [0.2, 0.25) is 0 Å². The standard InChI is InChI=1S/C65H110NO8P/c1-6-8-10-12-14-16-18-19-20-21-22-23-24-25-26-27-28-29-30-31-32-33-34-35-36-37-38-39-40-41-42-43-44-45-46-47-48-50-52-54-56-58-65(68)74-63(62-73-75(69,70)72-60-59-66(3,4)5)61-71-64(67)57-55-53-51-49-17-15-13-11-9-7-2/h8,10,14,16,19-20,22-23,25-26,28-29,31-32,34-35,37-38,40-41,63H,6-7,9,11-13,15,17-18,21,24,27,30,33,36,39,42-62H2,1-5H3/b10-8-,16-14-,20-19-,23-22-,26-25-,29-28-,32-31-,35-34-,38-37-,41-40-. The van der Waals surface area contributed by atoms with Gasteiger partial charge in [-0.1, -0.05) is 245 Å². The van der Waals surface area contributed by atoms with Crippen molar-refractivity contribution in [3.05, 3.63) is 122 Å². The van der Waals surface area contributed by atoms with E-state index in [9.17, 15) is 19.0 Å². The smallest absolute Gasteiger partial charge is 0.306 e. The highest BCUT2D eigenvalue weighted by Crippen LogP contribution is 2.38. The molecule has 0 heterocycles. The molecule has 0 spiro atoms. The zero-order chi connectivity index (χ0) is 54.9. The van der Waals surface area contributed by atoms with Gasteiger partial charge in [0.15, 0.2) is 6.10 Å². The topological polar surface area (TPSA) is 111 Å². The number of esters is 2. The van der Waals surface area contributed by atoms with Crippen LogP contribution >= 0.6 is 7.82 Å². The Balaban J connectivity index is 4.03. The Bertz CT molecular complexity index is 1680. The summed E-state index contributed by atoms with van der Waals surface area (Å²) >= 11 is 0. The summed E-state index contributed by atoms with van der Waals surface area (Å²) in [5, 5.41) is 0. The van der Waals surface area contributed by atoms with Crippen LogP contribution in [0.4, 0.5) is 0 Å². The van der Waals surface area contributed by atoms with Gasteiger partial charge < -0.3 is 27.9 Å². The van der Waals surface area contributed by atoms with E-state index in [-0.39, 0.29) is 32.0 Å². The Labute approximate surface area is 460 Å². The summed E-state index contributed by atoms with van der Waals surface area (Å²) in [5.41, 5.74) is 0. The SMILES string of the molecule is CC/C=C\C/C=C\C/C=C\C/C=C\C/C=C\C/C=C\C/C=C\C/C=C\C/C=C\C/C=C\CCCCCCCCCCCCC(=O)OC(COC(=O)CCCCCCCCCCCC)COP(=O)([O-])OCC[N+](C)(C)C. The van der Waals surface area contributed by atoms with Crippen LogP contribution in [0.15, 0.2) is 122 Å². The number of likely N-dealkylation sites (N-methyl/N-ethyl adjacent to an activating group) is 1. The number of quaternary nitrogens is 1. The second-order valence-electron chi connectivity index (χ2n) is 20.6. The van der Waals surface area contributed by atoms with E-state index in [1.54, 1.807) is 0 Å². The Morgan fingerprint density at radius 3 is 1.13 bits per heavy atom. The molecule has 75 heavy (non-hydrogen) atoms. The number of hydrogen-bond acceptors (Lipinski definition) is 8. The molecule has 0 aliphatic carbocycles. The van der Waals surface area contributed by atoms with Gasteiger partial charge in [0.05, 0.1) is 27.7 Å². The second-order valence-corrected chi connectivity index (χ2v) is 22.0. The zero-order valence-corrected chi connectivity index (χ0v) is 49.3. The van der Waals surface area contributed by atoms with Crippen LogP contribution in [-0.2, 0) is 32.7 Å². The first-order valence-electron chi connectivity index (χ1n) is 29.7. The van der Waals surface area contributed by atoms with Crippen LogP contribution in [0.1, 0.15) is 226 Å².